The third-order valence-corrected chi connectivity index (χ3v) is 2.84. The first kappa shape index (κ1) is 15.2. The quantitative estimate of drug-likeness (QED) is 0.765. The molecule has 0 bridgehead atoms. The molecule has 1 aromatic carbocycles. The van der Waals surface area contributed by atoms with Gasteiger partial charge in [-0.05, 0) is 31.4 Å². The summed E-state index contributed by atoms with van der Waals surface area (Å²) in [6.07, 6.45) is 1.13. The standard InChI is InChI=1S/C15H21NO3/c1-3-19-15(18)9-8-14(17)16-11-10-13-7-5-4-6-12(13)2/h4-7H,3,8-11H2,1-2H3,(H,16,17). The van der Waals surface area contributed by atoms with E-state index in [1.807, 2.05) is 12.1 Å². The van der Waals surface area contributed by atoms with Crippen molar-refractivity contribution in [2.45, 2.75) is 33.1 Å². The monoisotopic (exact) mass is 263 g/mol. The maximum absolute atomic E-state index is 11.5. The van der Waals surface area contributed by atoms with Crippen molar-refractivity contribution in [3.8, 4) is 0 Å². The fourth-order valence-electron chi connectivity index (χ4n) is 1.76. The highest BCUT2D eigenvalue weighted by atomic mass is 16.5. The van der Waals surface area contributed by atoms with Gasteiger partial charge in [-0.25, -0.2) is 0 Å². The van der Waals surface area contributed by atoms with E-state index in [4.69, 9.17) is 4.74 Å². The van der Waals surface area contributed by atoms with Gasteiger partial charge in [-0.3, -0.25) is 9.59 Å². The predicted octanol–water partition coefficient (Wildman–Crippen LogP) is 2.00. The summed E-state index contributed by atoms with van der Waals surface area (Å²) in [6, 6.07) is 8.10. The van der Waals surface area contributed by atoms with E-state index in [1.54, 1.807) is 6.92 Å². The van der Waals surface area contributed by atoms with Gasteiger partial charge in [0.1, 0.15) is 0 Å². The van der Waals surface area contributed by atoms with E-state index in [2.05, 4.69) is 24.4 Å². The van der Waals surface area contributed by atoms with Gasteiger partial charge in [0, 0.05) is 13.0 Å². The lowest BCUT2D eigenvalue weighted by Crippen LogP contribution is -2.26. The molecule has 0 aliphatic carbocycles. The van der Waals surface area contributed by atoms with Crippen molar-refractivity contribution in [1.29, 1.82) is 0 Å². The largest absolute Gasteiger partial charge is 0.466 e. The van der Waals surface area contributed by atoms with Gasteiger partial charge in [0.15, 0.2) is 0 Å². The number of nitrogens with one attached hydrogen (secondary N) is 1. The maximum atomic E-state index is 11.5. The number of benzene rings is 1. The van der Waals surface area contributed by atoms with Crippen molar-refractivity contribution in [3.05, 3.63) is 35.4 Å². The fourth-order valence-corrected chi connectivity index (χ4v) is 1.76. The Morgan fingerprint density at radius 1 is 1.21 bits per heavy atom. The molecule has 1 rings (SSSR count). The molecule has 4 heteroatoms. The van der Waals surface area contributed by atoms with Gasteiger partial charge in [-0.1, -0.05) is 24.3 Å². The molecule has 0 saturated heterocycles. The summed E-state index contributed by atoms with van der Waals surface area (Å²) in [7, 11) is 0. The van der Waals surface area contributed by atoms with Crippen LogP contribution >= 0.6 is 0 Å². The minimum atomic E-state index is -0.323. The number of ether oxygens (including phenoxy) is 1. The molecule has 0 aliphatic heterocycles. The molecule has 0 aromatic heterocycles. The lowest BCUT2D eigenvalue weighted by atomic mass is 10.1. The van der Waals surface area contributed by atoms with Crippen molar-refractivity contribution in [2.24, 2.45) is 0 Å². The Labute approximate surface area is 114 Å². The lowest BCUT2D eigenvalue weighted by molar-refractivity contribution is -0.144. The highest BCUT2D eigenvalue weighted by Gasteiger charge is 2.07. The fraction of sp³-hybridized carbons (Fsp3) is 0.467. The van der Waals surface area contributed by atoms with Crippen LogP contribution in [0.3, 0.4) is 0 Å². The van der Waals surface area contributed by atoms with Gasteiger partial charge in [-0.2, -0.15) is 0 Å². The third-order valence-electron chi connectivity index (χ3n) is 2.84. The second-order valence-electron chi connectivity index (χ2n) is 4.33. The molecule has 19 heavy (non-hydrogen) atoms. The highest BCUT2D eigenvalue weighted by molar-refractivity contribution is 5.81. The number of esters is 1. The highest BCUT2D eigenvalue weighted by Crippen LogP contribution is 2.06. The molecule has 0 aliphatic rings. The molecule has 0 atom stereocenters. The Balaban J connectivity index is 2.21. The Morgan fingerprint density at radius 2 is 1.95 bits per heavy atom. The van der Waals surface area contributed by atoms with E-state index in [-0.39, 0.29) is 24.7 Å². The summed E-state index contributed by atoms with van der Waals surface area (Å²) < 4.78 is 4.76. The van der Waals surface area contributed by atoms with Crippen LogP contribution in [0.2, 0.25) is 0 Å². The molecule has 104 valence electrons. The lowest BCUT2D eigenvalue weighted by Gasteiger charge is -2.07. The number of rotatable bonds is 7. The molecule has 0 saturated carbocycles. The summed E-state index contributed by atoms with van der Waals surface area (Å²) in [5.74, 6) is -0.432. The Hall–Kier alpha value is -1.84. The third kappa shape index (κ3) is 6.04. The number of hydrogen-bond donors (Lipinski definition) is 1. The molecule has 4 nitrogen and oxygen atoms in total. The first-order valence-corrected chi connectivity index (χ1v) is 6.60. The van der Waals surface area contributed by atoms with Gasteiger partial charge in [0.05, 0.1) is 13.0 Å². The summed E-state index contributed by atoms with van der Waals surface area (Å²) in [5.41, 5.74) is 2.46. The van der Waals surface area contributed by atoms with Crippen LogP contribution in [-0.2, 0) is 20.7 Å². The second-order valence-corrected chi connectivity index (χ2v) is 4.33. The molecule has 0 radical (unpaired) electrons. The Kier molecular flexibility index (Phi) is 6.64. The van der Waals surface area contributed by atoms with Crippen LogP contribution in [0.15, 0.2) is 24.3 Å². The number of carbonyl (C=O) groups is 2. The van der Waals surface area contributed by atoms with Crippen LogP contribution in [0.1, 0.15) is 30.9 Å². The Morgan fingerprint density at radius 3 is 2.63 bits per heavy atom. The molecule has 0 fully saturated rings. The van der Waals surface area contributed by atoms with Gasteiger partial charge in [0.25, 0.3) is 0 Å². The van der Waals surface area contributed by atoms with Crippen molar-refractivity contribution < 1.29 is 14.3 Å². The first-order valence-electron chi connectivity index (χ1n) is 6.60. The number of amides is 1. The Bertz CT molecular complexity index is 429. The summed E-state index contributed by atoms with van der Waals surface area (Å²) in [4.78, 5) is 22.6. The summed E-state index contributed by atoms with van der Waals surface area (Å²) >= 11 is 0. The normalized spacial score (nSPS) is 10.0. The second kappa shape index (κ2) is 8.29. The van der Waals surface area contributed by atoms with E-state index >= 15 is 0 Å². The minimum Gasteiger partial charge on any atom is -0.466 e. The van der Waals surface area contributed by atoms with Crippen molar-refractivity contribution in [2.75, 3.05) is 13.2 Å². The van der Waals surface area contributed by atoms with E-state index < -0.39 is 0 Å². The van der Waals surface area contributed by atoms with Crippen LogP contribution in [0.4, 0.5) is 0 Å². The molecule has 1 amide bonds. The summed E-state index contributed by atoms with van der Waals surface area (Å²) in [5, 5.41) is 2.81. The van der Waals surface area contributed by atoms with Gasteiger partial charge in [0.2, 0.25) is 5.91 Å². The topological polar surface area (TPSA) is 55.4 Å². The zero-order valence-corrected chi connectivity index (χ0v) is 11.6. The molecule has 0 heterocycles. The average molecular weight is 263 g/mol. The minimum absolute atomic E-state index is 0.110. The maximum Gasteiger partial charge on any atom is 0.306 e. The van der Waals surface area contributed by atoms with Crippen LogP contribution < -0.4 is 5.32 Å². The molecule has 1 N–H and O–H groups in total. The van der Waals surface area contributed by atoms with Crippen molar-refractivity contribution in [3.63, 3.8) is 0 Å². The van der Waals surface area contributed by atoms with Crippen LogP contribution in [0.5, 0.6) is 0 Å². The molecule has 1 aromatic rings. The number of aryl methyl sites for hydroxylation is 1. The summed E-state index contributed by atoms with van der Waals surface area (Å²) in [6.45, 7) is 4.75. The van der Waals surface area contributed by atoms with E-state index in [0.717, 1.165) is 6.42 Å². The van der Waals surface area contributed by atoms with E-state index in [9.17, 15) is 9.59 Å². The molecule has 0 spiro atoms. The molecular weight excluding hydrogens is 242 g/mol. The zero-order chi connectivity index (χ0) is 14.1. The van der Waals surface area contributed by atoms with Crippen molar-refractivity contribution in [1.82, 2.24) is 5.32 Å². The average Bonchev–Trinajstić information content (AvgIpc) is 2.39. The molecular formula is C15H21NO3. The van der Waals surface area contributed by atoms with Crippen LogP contribution in [-0.4, -0.2) is 25.0 Å². The first-order chi connectivity index (χ1) is 9.13. The molecule has 0 unspecified atom stereocenters. The number of hydrogen-bond acceptors (Lipinski definition) is 3. The van der Waals surface area contributed by atoms with E-state index in [0.29, 0.717) is 13.2 Å². The SMILES string of the molecule is CCOC(=O)CCC(=O)NCCc1ccccc1C. The zero-order valence-electron chi connectivity index (χ0n) is 11.6. The van der Waals surface area contributed by atoms with Crippen LogP contribution in [0.25, 0.3) is 0 Å². The van der Waals surface area contributed by atoms with Crippen molar-refractivity contribution >= 4 is 11.9 Å². The van der Waals surface area contributed by atoms with Crippen LogP contribution in [0, 0.1) is 6.92 Å². The smallest absolute Gasteiger partial charge is 0.306 e. The van der Waals surface area contributed by atoms with Gasteiger partial charge < -0.3 is 10.1 Å². The van der Waals surface area contributed by atoms with Gasteiger partial charge >= 0.3 is 5.97 Å². The van der Waals surface area contributed by atoms with E-state index in [1.165, 1.54) is 11.1 Å². The number of carbonyl (C=O) groups excluding carboxylic acids is 2. The predicted molar refractivity (Wildman–Crippen MR) is 73.8 cm³/mol. The van der Waals surface area contributed by atoms with Gasteiger partial charge in [-0.15, -0.1) is 0 Å².